The fraction of sp³-hybridized carbons (Fsp3) is 0.364. The van der Waals surface area contributed by atoms with Crippen LogP contribution in [0.4, 0.5) is 0 Å². The van der Waals surface area contributed by atoms with Crippen molar-refractivity contribution in [2.24, 2.45) is 7.05 Å². The lowest BCUT2D eigenvalue weighted by Gasteiger charge is -2.32. The summed E-state index contributed by atoms with van der Waals surface area (Å²) in [5.41, 5.74) is 2.47. The number of nitrogens with one attached hydrogen (secondary N) is 1. The van der Waals surface area contributed by atoms with Crippen LogP contribution in [-0.4, -0.2) is 57.2 Å². The molecular weight excluding hydrogens is 382 g/mol. The Morgan fingerprint density at radius 2 is 2.07 bits per heavy atom. The first kappa shape index (κ1) is 20.0. The van der Waals surface area contributed by atoms with Crippen LogP contribution < -0.4 is 5.32 Å². The molecule has 3 heterocycles. The van der Waals surface area contributed by atoms with Crippen molar-refractivity contribution in [3.63, 3.8) is 0 Å². The van der Waals surface area contributed by atoms with Crippen molar-refractivity contribution >= 4 is 22.7 Å². The number of nitrogens with zero attached hydrogens (tertiary/aromatic N) is 4. The van der Waals surface area contributed by atoms with Gasteiger partial charge >= 0.3 is 0 Å². The molecule has 0 spiro atoms. The minimum atomic E-state index is -0.408. The average Bonchev–Trinajstić information content (AvgIpc) is 3.18. The van der Waals surface area contributed by atoms with Crippen molar-refractivity contribution < 1.29 is 14.3 Å². The maximum Gasteiger partial charge on any atom is 0.257 e. The summed E-state index contributed by atoms with van der Waals surface area (Å²) < 4.78 is 7.55. The fourth-order valence-electron chi connectivity index (χ4n) is 3.62. The first-order chi connectivity index (χ1) is 14.4. The summed E-state index contributed by atoms with van der Waals surface area (Å²) >= 11 is 0. The second kappa shape index (κ2) is 8.23. The van der Waals surface area contributed by atoms with E-state index in [1.54, 1.807) is 35.1 Å². The summed E-state index contributed by atoms with van der Waals surface area (Å²) in [4.78, 5) is 32.1. The molecule has 0 saturated carbocycles. The van der Waals surface area contributed by atoms with E-state index in [0.29, 0.717) is 36.5 Å². The minimum Gasteiger partial charge on any atom is -0.368 e. The second-order valence-electron chi connectivity index (χ2n) is 7.75. The van der Waals surface area contributed by atoms with Crippen LogP contribution in [0.3, 0.4) is 0 Å². The second-order valence-corrected chi connectivity index (χ2v) is 7.75. The van der Waals surface area contributed by atoms with Crippen LogP contribution in [0.15, 0.2) is 42.7 Å². The molecule has 0 radical (unpaired) electrons. The molecule has 1 saturated heterocycles. The van der Waals surface area contributed by atoms with Crippen LogP contribution >= 0.6 is 0 Å². The van der Waals surface area contributed by atoms with E-state index in [2.05, 4.69) is 10.4 Å². The molecule has 0 unspecified atom stereocenters. The summed E-state index contributed by atoms with van der Waals surface area (Å²) in [5, 5.41) is 7.82. The summed E-state index contributed by atoms with van der Waals surface area (Å²) in [7, 11) is 1.78. The van der Waals surface area contributed by atoms with Gasteiger partial charge in [0.2, 0.25) is 0 Å². The molecule has 8 nitrogen and oxygen atoms in total. The van der Waals surface area contributed by atoms with E-state index < -0.39 is 6.10 Å². The number of pyridine rings is 1. The highest BCUT2D eigenvalue weighted by Gasteiger charge is 2.28. The molecule has 1 aliphatic heterocycles. The Labute approximate surface area is 174 Å². The SMILES string of the molecule is CC(C)NC(=O)c1cc([C@H]2CN(C(=O)c3cnn(C)c3)CCO2)nc2ccccc12. The molecule has 4 rings (SSSR count). The van der Waals surface area contributed by atoms with E-state index in [4.69, 9.17) is 9.72 Å². The van der Waals surface area contributed by atoms with Crippen molar-refractivity contribution in [1.82, 2.24) is 25.0 Å². The molecule has 2 amide bonds. The van der Waals surface area contributed by atoms with Gasteiger partial charge in [-0.05, 0) is 26.0 Å². The highest BCUT2D eigenvalue weighted by Crippen LogP contribution is 2.27. The number of hydrogen-bond donors (Lipinski definition) is 1. The van der Waals surface area contributed by atoms with Crippen LogP contribution in [0.2, 0.25) is 0 Å². The Kier molecular flexibility index (Phi) is 5.50. The maximum atomic E-state index is 12.8. The number of amides is 2. The van der Waals surface area contributed by atoms with E-state index in [-0.39, 0.29) is 17.9 Å². The number of carbonyl (C=O) groups is 2. The van der Waals surface area contributed by atoms with Gasteiger partial charge in [0.25, 0.3) is 11.8 Å². The van der Waals surface area contributed by atoms with Crippen molar-refractivity contribution in [1.29, 1.82) is 0 Å². The largest absolute Gasteiger partial charge is 0.368 e. The lowest BCUT2D eigenvalue weighted by atomic mass is 10.0. The lowest BCUT2D eigenvalue weighted by Crippen LogP contribution is -2.42. The highest BCUT2D eigenvalue weighted by atomic mass is 16.5. The third kappa shape index (κ3) is 4.04. The first-order valence-corrected chi connectivity index (χ1v) is 10.0. The molecule has 30 heavy (non-hydrogen) atoms. The lowest BCUT2D eigenvalue weighted by molar-refractivity contribution is -0.0246. The molecule has 2 aromatic heterocycles. The van der Waals surface area contributed by atoms with Gasteiger partial charge < -0.3 is 15.0 Å². The zero-order chi connectivity index (χ0) is 21.3. The number of para-hydroxylation sites is 1. The van der Waals surface area contributed by atoms with Gasteiger partial charge in [0.1, 0.15) is 6.10 Å². The molecule has 0 bridgehead atoms. The van der Waals surface area contributed by atoms with Crippen molar-refractivity contribution in [3.8, 4) is 0 Å². The average molecular weight is 407 g/mol. The van der Waals surface area contributed by atoms with E-state index in [1.165, 1.54) is 0 Å². The Morgan fingerprint density at radius 3 is 2.80 bits per heavy atom. The number of ether oxygens (including phenoxy) is 1. The number of carbonyl (C=O) groups excluding carboxylic acids is 2. The molecule has 1 atom stereocenters. The molecule has 0 aliphatic carbocycles. The highest BCUT2D eigenvalue weighted by molar-refractivity contribution is 6.06. The molecule has 1 aromatic carbocycles. The van der Waals surface area contributed by atoms with E-state index >= 15 is 0 Å². The number of rotatable bonds is 4. The molecule has 156 valence electrons. The Morgan fingerprint density at radius 1 is 1.27 bits per heavy atom. The van der Waals surface area contributed by atoms with Gasteiger partial charge in [-0.15, -0.1) is 0 Å². The zero-order valence-electron chi connectivity index (χ0n) is 17.3. The Hall–Kier alpha value is -3.26. The van der Waals surface area contributed by atoms with Crippen LogP contribution in [0.25, 0.3) is 10.9 Å². The maximum absolute atomic E-state index is 12.8. The molecule has 8 heteroatoms. The van der Waals surface area contributed by atoms with Gasteiger partial charge in [-0.2, -0.15) is 5.10 Å². The zero-order valence-corrected chi connectivity index (χ0v) is 17.3. The first-order valence-electron chi connectivity index (χ1n) is 10.0. The number of benzene rings is 1. The van der Waals surface area contributed by atoms with Crippen molar-refractivity contribution in [2.75, 3.05) is 19.7 Å². The molecule has 3 aromatic rings. The van der Waals surface area contributed by atoms with E-state index in [1.807, 2.05) is 38.1 Å². The summed E-state index contributed by atoms with van der Waals surface area (Å²) in [6, 6.07) is 9.35. The summed E-state index contributed by atoms with van der Waals surface area (Å²) in [6.07, 6.45) is 2.86. The van der Waals surface area contributed by atoms with E-state index in [9.17, 15) is 9.59 Å². The fourth-order valence-corrected chi connectivity index (χ4v) is 3.62. The van der Waals surface area contributed by atoms with Crippen LogP contribution in [0.5, 0.6) is 0 Å². The third-order valence-electron chi connectivity index (χ3n) is 5.04. The van der Waals surface area contributed by atoms with Crippen LogP contribution in [0.1, 0.15) is 46.4 Å². The predicted octanol–water partition coefficient (Wildman–Crippen LogP) is 2.32. The predicted molar refractivity (Wildman–Crippen MR) is 112 cm³/mol. The molecular formula is C22H25N5O3. The van der Waals surface area contributed by atoms with Gasteiger partial charge in [-0.25, -0.2) is 4.98 Å². The van der Waals surface area contributed by atoms with Crippen molar-refractivity contribution in [3.05, 3.63) is 59.5 Å². The van der Waals surface area contributed by atoms with Gasteiger partial charge in [0.05, 0.1) is 41.7 Å². The van der Waals surface area contributed by atoms with Gasteiger partial charge in [0.15, 0.2) is 0 Å². The quantitative estimate of drug-likeness (QED) is 0.717. The van der Waals surface area contributed by atoms with Gasteiger partial charge in [-0.3, -0.25) is 14.3 Å². The Bertz CT molecular complexity index is 1090. The Balaban J connectivity index is 1.65. The number of aromatic nitrogens is 3. The minimum absolute atomic E-state index is 0.0198. The number of hydrogen-bond acceptors (Lipinski definition) is 5. The number of fused-ring (bicyclic) bond motifs is 1. The monoisotopic (exact) mass is 407 g/mol. The molecule has 1 fully saturated rings. The summed E-state index contributed by atoms with van der Waals surface area (Å²) in [6.45, 7) is 5.12. The molecule has 1 N–H and O–H groups in total. The number of aryl methyl sites for hydroxylation is 1. The smallest absolute Gasteiger partial charge is 0.257 e. The molecule has 1 aliphatic rings. The van der Waals surface area contributed by atoms with Crippen LogP contribution in [-0.2, 0) is 11.8 Å². The van der Waals surface area contributed by atoms with Gasteiger partial charge in [-0.1, -0.05) is 18.2 Å². The number of morpholine rings is 1. The standard InChI is InChI=1S/C22H25N5O3/c1-14(2)24-21(28)17-10-19(25-18-7-5-4-6-16(17)18)20-13-27(8-9-30-20)22(29)15-11-23-26(3)12-15/h4-7,10-12,14,20H,8-9,13H2,1-3H3,(H,24,28)/t20-/m1/s1. The van der Waals surface area contributed by atoms with Crippen LogP contribution in [0, 0.1) is 0 Å². The normalized spacial score (nSPS) is 16.8. The topological polar surface area (TPSA) is 89.4 Å². The van der Waals surface area contributed by atoms with Gasteiger partial charge in [0, 0.05) is 31.2 Å². The third-order valence-corrected chi connectivity index (χ3v) is 5.04. The van der Waals surface area contributed by atoms with Crippen molar-refractivity contribution in [2.45, 2.75) is 26.0 Å². The summed E-state index contributed by atoms with van der Waals surface area (Å²) in [5.74, 6) is -0.237. The van der Waals surface area contributed by atoms with E-state index in [0.717, 1.165) is 10.9 Å².